The summed E-state index contributed by atoms with van der Waals surface area (Å²) in [6.45, 7) is 11.0. The van der Waals surface area contributed by atoms with Gasteiger partial charge in [-0.2, -0.15) is 0 Å². The van der Waals surface area contributed by atoms with Crippen LogP contribution in [0.1, 0.15) is 44.2 Å². The van der Waals surface area contributed by atoms with Crippen molar-refractivity contribution >= 4 is 0 Å². The third-order valence-corrected chi connectivity index (χ3v) is 4.35. The van der Waals surface area contributed by atoms with E-state index in [2.05, 4.69) is 55.3 Å². The number of nitrogens with one attached hydrogen (secondary N) is 1. The monoisotopic (exact) mass is 290 g/mol. The van der Waals surface area contributed by atoms with Crippen LogP contribution in [0.3, 0.4) is 0 Å². The first-order valence-corrected chi connectivity index (χ1v) is 8.16. The summed E-state index contributed by atoms with van der Waals surface area (Å²) in [5.41, 5.74) is 2.82. The molecule has 1 aliphatic heterocycles. The molecule has 0 radical (unpaired) electrons. The lowest BCUT2D eigenvalue weighted by Crippen LogP contribution is -2.27. The fourth-order valence-corrected chi connectivity index (χ4v) is 2.87. The topological polar surface area (TPSA) is 24.5 Å². The van der Waals surface area contributed by atoms with E-state index in [1.807, 2.05) is 7.11 Å². The number of likely N-dealkylation sites (tertiary alicyclic amines) is 1. The van der Waals surface area contributed by atoms with Crippen molar-refractivity contribution in [3.8, 4) is 0 Å². The summed E-state index contributed by atoms with van der Waals surface area (Å²) in [5.74, 6) is 0.561. The maximum atomic E-state index is 5.43. The maximum absolute atomic E-state index is 5.43. The van der Waals surface area contributed by atoms with Crippen molar-refractivity contribution in [3.05, 3.63) is 35.4 Å². The van der Waals surface area contributed by atoms with Crippen molar-refractivity contribution in [2.75, 3.05) is 26.7 Å². The summed E-state index contributed by atoms with van der Waals surface area (Å²) < 4.78 is 5.43. The lowest BCUT2D eigenvalue weighted by Gasteiger charge is -2.18. The molecule has 1 N–H and O–H groups in total. The van der Waals surface area contributed by atoms with Crippen molar-refractivity contribution < 1.29 is 4.74 Å². The van der Waals surface area contributed by atoms with Gasteiger partial charge in [-0.15, -0.1) is 0 Å². The van der Waals surface area contributed by atoms with Crippen LogP contribution in [0.15, 0.2) is 24.3 Å². The van der Waals surface area contributed by atoms with Gasteiger partial charge in [0.05, 0.1) is 6.10 Å². The molecule has 1 saturated heterocycles. The van der Waals surface area contributed by atoms with Gasteiger partial charge >= 0.3 is 0 Å². The molecule has 1 heterocycles. The zero-order valence-corrected chi connectivity index (χ0v) is 13.9. The summed E-state index contributed by atoms with van der Waals surface area (Å²) in [4.78, 5) is 2.48. The number of hydrogen-bond acceptors (Lipinski definition) is 3. The van der Waals surface area contributed by atoms with Crippen LogP contribution in [-0.4, -0.2) is 43.8 Å². The predicted octanol–water partition coefficient (Wildman–Crippen LogP) is 3.01. The van der Waals surface area contributed by atoms with Crippen LogP contribution >= 0.6 is 0 Å². The van der Waals surface area contributed by atoms with Gasteiger partial charge < -0.3 is 10.1 Å². The Morgan fingerprint density at radius 1 is 1.24 bits per heavy atom. The first kappa shape index (κ1) is 16.5. The molecule has 3 heteroatoms. The summed E-state index contributed by atoms with van der Waals surface area (Å²) in [7, 11) is 1.82. The van der Waals surface area contributed by atoms with Gasteiger partial charge in [0.1, 0.15) is 0 Å². The van der Waals surface area contributed by atoms with Crippen LogP contribution in [0.5, 0.6) is 0 Å². The number of rotatable bonds is 7. The molecule has 118 valence electrons. The largest absolute Gasteiger partial charge is 0.380 e. The number of nitrogens with zero attached hydrogens (tertiary/aromatic N) is 1. The Morgan fingerprint density at radius 3 is 2.52 bits per heavy atom. The minimum atomic E-state index is 0.423. The molecule has 0 spiro atoms. The molecule has 1 aromatic rings. The van der Waals surface area contributed by atoms with E-state index in [0.717, 1.165) is 32.6 Å². The Kier molecular flexibility index (Phi) is 6.22. The highest BCUT2D eigenvalue weighted by Crippen LogP contribution is 2.18. The molecule has 0 amide bonds. The van der Waals surface area contributed by atoms with Gasteiger partial charge in [-0.25, -0.2) is 0 Å². The minimum Gasteiger partial charge on any atom is -0.380 e. The Labute approximate surface area is 129 Å². The van der Waals surface area contributed by atoms with E-state index in [4.69, 9.17) is 4.74 Å². The summed E-state index contributed by atoms with van der Waals surface area (Å²) in [6.07, 6.45) is 1.58. The number of ether oxygens (including phenoxy) is 1. The quantitative estimate of drug-likeness (QED) is 0.835. The number of hydrogen-bond donors (Lipinski definition) is 1. The van der Waals surface area contributed by atoms with Crippen LogP contribution in [0.2, 0.25) is 0 Å². The Hall–Kier alpha value is -0.900. The Bertz CT molecular complexity index is 416. The minimum absolute atomic E-state index is 0.423. The van der Waals surface area contributed by atoms with Gasteiger partial charge in [0, 0.05) is 39.3 Å². The first-order valence-electron chi connectivity index (χ1n) is 8.16. The van der Waals surface area contributed by atoms with Crippen LogP contribution in [0.4, 0.5) is 0 Å². The van der Waals surface area contributed by atoms with Crippen molar-refractivity contribution in [3.63, 3.8) is 0 Å². The van der Waals surface area contributed by atoms with Gasteiger partial charge in [0.15, 0.2) is 0 Å². The second kappa shape index (κ2) is 7.92. The predicted molar refractivity (Wildman–Crippen MR) is 88.7 cm³/mol. The zero-order chi connectivity index (χ0) is 15.2. The zero-order valence-electron chi connectivity index (χ0n) is 13.9. The molecule has 21 heavy (non-hydrogen) atoms. The fraction of sp³-hybridized carbons (Fsp3) is 0.667. The normalized spacial score (nSPS) is 21.1. The lowest BCUT2D eigenvalue weighted by molar-refractivity contribution is 0.107. The summed E-state index contributed by atoms with van der Waals surface area (Å²) in [6, 6.07) is 9.68. The van der Waals surface area contributed by atoms with Crippen LogP contribution < -0.4 is 5.32 Å². The molecule has 1 aromatic carbocycles. The van der Waals surface area contributed by atoms with E-state index >= 15 is 0 Å². The summed E-state index contributed by atoms with van der Waals surface area (Å²) >= 11 is 0. The van der Waals surface area contributed by atoms with Gasteiger partial charge in [0.25, 0.3) is 0 Å². The Balaban J connectivity index is 1.84. The molecule has 3 nitrogen and oxygen atoms in total. The second-order valence-electron chi connectivity index (χ2n) is 6.59. The van der Waals surface area contributed by atoms with E-state index in [9.17, 15) is 0 Å². The van der Waals surface area contributed by atoms with E-state index in [0.29, 0.717) is 18.1 Å². The standard InChI is InChI=1S/C18H30N2O/c1-14(2)19-11-15(3)17-7-5-16(6-8-17)12-20-10-9-18(13-20)21-4/h5-8,14-15,18-19H,9-13H2,1-4H3. The molecular formula is C18H30N2O. The average molecular weight is 290 g/mol. The van der Waals surface area contributed by atoms with Gasteiger partial charge in [-0.05, 0) is 23.5 Å². The third-order valence-electron chi connectivity index (χ3n) is 4.35. The molecule has 2 atom stereocenters. The molecule has 0 bridgehead atoms. The molecule has 2 rings (SSSR count). The molecule has 2 unspecified atom stereocenters. The van der Waals surface area contributed by atoms with E-state index in [1.54, 1.807) is 0 Å². The SMILES string of the molecule is COC1CCN(Cc2ccc(C(C)CNC(C)C)cc2)C1. The number of benzene rings is 1. The highest BCUT2D eigenvalue weighted by Gasteiger charge is 2.21. The first-order chi connectivity index (χ1) is 10.1. The van der Waals surface area contributed by atoms with Crippen LogP contribution in [-0.2, 0) is 11.3 Å². The van der Waals surface area contributed by atoms with E-state index in [1.165, 1.54) is 11.1 Å². The summed E-state index contributed by atoms with van der Waals surface area (Å²) in [5, 5.41) is 3.51. The molecule has 1 aliphatic rings. The van der Waals surface area contributed by atoms with Crippen molar-refractivity contribution in [2.45, 2.75) is 51.8 Å². The highest BCUT2D eigenvalue weighted by atomic mass is 16.5. The number of methoxy groups -OCH3 is 1. The third kappa shape index (κ3) is 5.10. The van der Waals surface area contributed by atoms with Gasteiger partial charge in [-0.3, -0.25) is 4.90 Å². The molecule has 0 saturated carbocycles. The molecular weight excluding hydrogens is 260 g/mol. The van der Waals surface area contributed by atoms with Crippen molar-refractivity contribution in [1.82, 2.24) is 10.2 Å². The van der Waals surface area contributed by atoms with Crippen LogP contribution in [0, 0.1) is 0 Å². The maximum Gasteiger partial charge on any atom is 0.0710 e. The lowest BCUT2D eigenvalue weighted by atomic mass is 9.99. The van der Waals surface area contributed by atoms with E-state index in [-0.39, 0.29) is 0 Å². The average Bonchev–Trinajstić information content (AvgIpc) is 2.93. The van der Waals surface area contributed by atoms with Gasteiger partial charge in [-0.1, -0.05) is 45.0 Å². The second-order valence-corrected chi connectivity index (χ2v) is 6.59. The Morgan fingerprint density at radius 2 is 1.95 bits per heavy atom. The fourth-order valence-electron chi connectivity index (χ4n) is 2.87. The molecule has 0 aromatic heterocycles. The van der Waals surface area contributed by atoms with E-state index < -0.39 is 0 Å². The molecule has 0 aliphatic carbocycles. The van der Waals surface area contributed by atoms with Crippen LogP contribution in [0.25, 0.3) is 0 Å². The van der Waals surface area contributed by atoms with Gasteiger partial charge in [0.2, 0.25) is 0 Å². The highest BCUT2D eigenvalue weighted by molar-refractivity contribution is 5.25. The van der Waals surface area contributed by atoms with Crippen molar-refractivity contribution in [1.29, 1.82) is 0 Å². The molecule has 1 fully saturated rings. The van der Waals surface area contributed by atoms with Crippen molar-refractivity contribution in [2.24, 2.45) is 0 Å². The smallest absolute Gasteiger partial charge is 0.0710 e.